The van der Waals surface area contributed by atoms with Crippen molar-refractivity contribution in [2.75, 3.05) is 6.54 Å². The Hall–Kier alpha value is -1.02. The maximum Gasteiger partial charge on any atom is 0.127 e. The van der Waals surface area contributed by atoms with Crippen molar-refractivity contribution in [2.24, 2.45) is 0 Å². The van der Waals surface area contributed by atoms with Crippen molar-refractivity contribution in [1.29, 1.82) is 0 Å². The highest BCUT2D eigenvalue weighted by atomic mass is 16.5. The summed E-state index contributed by atoms with van der Waals surface area (Å²) < 4.78 is 6.05. The summed E-state index contributed by atoms with van der Waals surface area (Å²) in [6.07, 6.45) is 1.37. The Labute approximate surface area is 117 Å². The van der Waals surface area contributed by atoms with E-state index in [1.54, 1.807) is 0 Å². The fourth-order valence-corrected chi connectivity index (χ4v) is 2.71. The maximum atomic E-state index is 6.05. The lowest BCUT2D eigenvalue weighted by atomic mass is 9.84. The van der Waals surface area contributed by atoms with Crippen LogP contribution in [0.3, 0.4) is 0 Å². The molecule has 1 aromatic rings. The van der Waals surface area contributed by atoms with Crippen molar-refractivity contribution in [3.63, 3.8) is 0 Å². The van der Waals surface area contributed by atoms with Gasteiger partial charge in [-0.1, -0.05) is 33.8 Å². The van der Waals surface area contributed by atoms with Crippen LogP contribution in [-0.4, -0.2) is 12.6 Å². The predicted octanol–water partition coefficient (Wildman–Crippen LogP) is 4.11. The van der Waals surface area contributed by atoms with Gasteiger partial charge in [-0.05, 0) is 49.4 Å². The van der Waals surface area contributed by atoms with Crippen molar-refractivity contribution < 1.29 is 4.74 Å². The van der Waals surface area contributed by atoms with Crippen molar-refractivity contribution in [1.82, 2.24) is 5.32 Å². The lowest BCUT2D eigenvalue weighted by Gasteiger charge is -2.22. The Kier molecular flexibility index (Phi) is 3.91. The average Bonchev–Trinajstić information content (AvgIpc) is 2.62. The molecule has 1 N–H and O–H groups in total. The van der Waals surface area contributed by atoms with Gasteiger partial charge in [0.15, 0.2) is 0 Å². The fraction of sp³-hybridized carbons (Fsp3) is 0.647. The zero-order valence-electron chi connectivity index (χ0n) is 13.1. The number of nitrogens with one attached hydrogen (secondary N) is 1. The number of hydrogen-bond donors (Lipinski definition) is 1. The van der Waals surface area contributed by atoms with Gasteiger partial charge in [0, 0.05) is 5.56 Å². The first kappa shape index (κ1) is 14.4. The number of rotatable bonds is 3. The minimum atomic E-state index is 0.181. The Morgan fingerprint density at radius 1 is 1.26 bits per heavy atom. The van der Waals surface area contributed by atoms with E-state index >= 15 is 0 Å². The summed E-state index contributed by atoms with van der Waals surface area (Å²) in [5, 5.41) is 3.62. The second-order valence-corrected chi connectivity index (χ2v) is 6.72. The summed E-state index contributed by atoms with van der Waals surface area (Å²) in [6, 6.07) is 4.93. The van der Waals surface area contributed by atoms with E-state index in [4.69, 9.17) is 4.74 Å². The number of aryl methyl sites for hydroxylation is 1. The van der Waals surface area contributed by atoms with Gasteiger partial charge in [0.2, 0.25) is 0 Å². The monoisotopic (exact) mass is 261 g/mol. The Balaban J connectivity index is 2.41. The van der Waals surface area contributed by atoms with E-state index in [0.29, 0.717) is 6.04 Å². The van der Waals surface area contributed by atoms with Crippen LogP contribution < -0.4 is 10.1 Å². The van der Waals surface area contributed by atoms with Gasteiger partial charge in [-0.25, -0.2) is 0 Å². The van der Waals surface area contributed by atoms with Crippen molar-refractivity contribution >= 4 is 0 Å². The van der Waals surface area contributed by atoms with Gasteiger partial charge < -0.3 is 10.1 Å². The molecule has 1 aromatic carbocycles. The largest absolute Gasteiger partial charge is 0.488 e. The summed E-state index contributed by atoms with van der Waals surface area (Å²) >= 11 is 0. The zero-order chi connectivity index (χ0) is 14.2. The molecule has 2 heteroatoms. The topological polar surface area (TPSA) is 21.3 Å². The van der Waals surface area contributed by atoms with Crippen LogP contribution in [0.5, 0.6) is 5.75 Å². The molecule has 1 aliphatic heterocycles. The van der Waals surface area contributed by atoms with Crippen LogP contribution in [0.15, 0.2) is 12.1 Å². The van der Waals surface area contributed by atoms with Crippen molar-refractivity contribution in [3.8, 4) is 5.75 Å². The molecule has 0 amide bonds. The third kappa shape index (κ3) is 2.79. The molecule has 0 aliphatic carbocycles. The standard InChI is InChI=1S/C17H27NO/c1-7-8-18-15-12(3)19-16-11(2)9-13(10-14(15)16)17(4,5)6/h9-10,12,15,18H,7-8H2,1-6H3. The Bertz CT molecular complexity index is 459. The fourth-order valence-electron chi connectivity index (χ4n) is 2.71. The van der Waals surface area contributed by atoms with Crippen LogP contribution in [0.1, 0.15) is 63.8 Å². The van der Waals surface area contributed by atoms with Crippen LogP contribution in [0.4, 0.5) is 0 Å². The van der Waals surface area contributed by atoms with E-state index in [2.05, 4.69) is 59.0 Å². The highest BCUT2D eigenvalue weighted by molar-refractivity contribution is 5.50. The molecule has 0 aromatic heterocycles. The molecular weight excluding hydrogens is 234 g/mol. The normalized spacial score (nSPS) is 22.2. The van der Waals surface area contributed by atoms with Gasteiger partial charge in [0.05, 0.1) is 6.04 Å². The highest BCUT2D eigenvalue weighted by Crippen LogP contribution is 2.41. The molecule has 2 unspecified atom stereocenters. The van der Waals surface area contributed by atoms with Crippen LogP contribution in [0.25, 0.3) is 0 Å². The number of benzene rings is 1. The first-order valence-electron chi connectivity index (χ1n) is 7.39. The van der Waals surface area contributed by atoms with E-state index < -0.39 is 0 Å². The maximum absolute atomic E-state index is 6.05. The number of fused-ring (bicyclic) bond motifs is 1. The summed E-state index contributed by atoms with van der Waals surface area (Å²) in [7, 11) is 0. The molecule has 106 valence electrons. The molecule has 2 nitrogen and oxygen atoms in total. The minimum Gasteiger partial charge on any atom is -0.488 e. The van der Waals surface area contributed by atoms with E-state index in [-0.39, 0.29) is 11.5 Å². The molecule has 2 atom stereocenters. The summed E-state index contributed by atoms with van der Waals surface area (Å²) in [6.45, 7) is 14.3. The summed E-state index contributed by atoms with van der Waals surface area (Å²) in [5.41, 5.74) is 4.17. The van der Waals surface area contributed by atoms with Crippen LogP contribution >= 0.6 is 0 Å². The van der Waals surface area contributed by atoms with Gasteiger partial charge in [0.25, 0.3) is 0 Å². The molecule has 0 radical (unpaired) electrons. The first-order chi connectivity index (χ1) is 8.84. The second-order valence-electron chi connectivity index (χ2n) is 6.72. The second kappa shape index (κ2) is 5.16. The van der Waals surface area contributed by atoms with Gasteiger partial charge >= 0.3 is 0 Å². The molecule has 0 spiro atoms. The van der Waals surface area contributed by atoms with Crippen LogP contribution in [0.2, 0.25) is 0 Å². The van der Waals surface area contributed by atoms with E-state index in [9.17, 15) is 0 Å². The molecule has 1 heterocycles. The predicted molar refractivity (Wildman–Crippen MR) is 81.0 cm³/mol. The molecule has 0 fully saturated rings. The lowest BCUT2D eigenvalue weighted by Crippen LogP contribution is -2.29. The average molecular weight is 261 g/mol. The van der Waals surface area contributed by atoms with E-state index in [1.165, 1.54) is 16.7 Å². The molecule has 19 heavy (non-hydrogen) atoms. The molecule has 2 rings (SSSR count). The third-order valence-corrected chi connectivity index (χ3v) is 3.89. The molecular formula is C17H27NO. The smallest absolute Gasteiger partial charge is 0.127 e. The molecule has 1 aliphatic rings. The molecule has 0 bridgehead atoms. The van der Waals surface area contributed by atoms with E-state index in [1.807, 2.05) is 0 Å². The lowest BCUT2D eigenvalue weighted by molar-refractivity contribution is 0.209. The summed E-state index contributed by atoms with van der Waals surface area (Å²) in [5.74, 6) is 1.09. The highest BCUT2D eigenvalue weighted by Gasteiger charge is 2.33. The molecule has 0 saturated heterocycles. The Morgan fingerprint density at radius 3 is 2.53 bits per heavy atom. The quantitative estimate of drug-likeness (QED) is 0.884. The van der Waals surface area contributed by atoms with Gasteiger partial charge in [0.1, 0.15) is 11.9 Å². The van der Waals surface area contributed by atoms with Crippen LogP contribution in [0, 0.1) is 6.92 Å². The van der Waals surface area contributed by atoms with Gasteiger partial charge in [-0.2, -0.15) is 0 Å². The Morgan fingerprint density at radius 2 is 1.95 bits per heavy atom. The van der Waals surface area contributed by atoms with E-state index in [0.717, 1.165) is 18.7 Å². The number of hydrogen-bond acceptors (Lipinski definition) is 2. The third-order valence-electron chi connectivity index (χ3n) is 3.89. The zero-order valence-corrected chi connectivity index (χ0v) is 13.1. The molecule has 0 saturated carbocycles. The van der Waals surface area contributed by atoms with Crippen molar-refractivity contribution in [3.05, 3.63) is 28.8 Å². The van der Waals surface area contributed by atoms with Gasteiger partial charge in [-0.15, -0.1) is 0 Å². The summed E-state index contributed by atoms with van der Waals surface area (Å²) in [4.78, 5) is 0. The minimum absolute atomic E-state index is 0.181. The van der Waals surface area contributed by atoms with Crippen LogP contribution in [-0.2, 0) is 5.41 Å². The van der Waals surface area contributed by atoms with Gasteiger partial charge in [-0.3, -0.25) is 0 Å². The van der Waals surface area contributed by atoms with Crippen molar-refractivity contribution in [2.45, 2.75) is 65.5 Å². The SMILES string of the molecule is CCCNC1c2cc(C(C)(C)C)cc(C)c2OC1C. The first-order valence-corrected chi connectivity index (χ1v) is 7.39. The number of ether oxygens (including phenoxy) is 1.